The van der Waals surface area contributed by atoms with Crippen LogP contribution in [0, 0.1) is 6.92 Å². The number of hydrogen-bond acceptors (Lipinski definition) is 4. The second kappa shape index (κ2) is 5.86. The van der Waals surface area contributed by atoms with Crippen molar-refractivity contribution in [3.8, 4) is 16.9 Å². The highest BCUT2D eigenvalue weighted by atomic mass is 16.3. The van der Waals surface area contributed by atoms with E-state index in [1.54, 1.807) is 12.4 Å². The first-order valence-corrected chi connectivity index (χ1v) is 7.73. The van der Waals surface area contributed by atoms with Gasteiger partial charge in [-0.25, -0.2) is 9.97 Å². The van der Waals surface area contributed by atoms with E-state index in [1.807, 2.05) is 60.0 Å². The molecule has 24 heavy (non-hydrogen) atoms. The molecule has 4 aromatic rings. The molecule has 3 aromatic heterocycles. The molecule has 3 heterocycles. The van der Waals surface area contributed by atoms with Crippen LogP contribution in [0.3, 0.4) is 0 Å². The van der Waals surface area contributed by atoms with Gasteiger partial charge in [-0.15, -0.1) is 0 Å². The molecule has 0 atom stereocenters. The quantitative estimate of drug-likeness (QED) is 0.630. The largest absolute Gasteiger partial charge is 0.392 e. The fourth-order valence-electron chi connectivity index (χ4n) is 2.81. The Morgan fingerprint density at radius 3 is 2.38 bits per heavy atom. The van der Waals surface area contributed by atoms with E-state index in [4.69, 9.17) is 4.98 Å². The number of aryl methyl sites for hydroxylation is 1. The van der Waals surface area contributed by atoms with Gasteiger partial charge in [0.05, 0.1) is 12.3 Å². The fourth-order valence-corrected chi connectivity index (χ4v) is 2.81. The summed E-state index contributed by atoms with van der Waals surface area (Å²) in [6, 6.07) is 15.6. The van der Waals surface area contributed by atoms with E-state index in [2.05, 4.69) is 9.97 Å². The molecule has 0 radical (unpaired) electrons. The summed E-state index contributed by atoms with van der Waals surface area (Å²) in [5.74, 6) is 0.876. The molecule has 1 aromatic carbocycles. The molecule has 0 fully saturated rings. The molecule has 0 aliphatic rings. The predicted octanol–water partition coefficient (Wildman–Crippen LogP) is 3.28. The number of pyridine rings is 2. The molecular weight excluding hydrogens is 300 g/mol. The van der Waals surface area contributed by atoms with Crippen LogP contribution in [-0.4, -0.2) is 24.6 Å². The standard InChI is InChI=1S/C19H16N4O/c1-13-21-18-7-6-17(15-8-10-20-11-9-15)22-19(18)23(13)16-4-2-14(12-24)3-5-16/h2-11,24H,12H2,1H3. The molecule has 0 aliphatic heterocycles. The van der Waals surface area contributed by atoms with Crippen molar-refractivity contribution in [1.82, 2.24) is 19.5 Å². The Bertz CT molecular complexity index is 991. The molecule has 4 rings (SSSR count). The van der Waals surface area contributed by atoms with Gasteiger partial charge >= 0.3 is 0 Å². The number of imidazole rings is 1. The molecule has 1 N–H and O–H groups in total. The van der Waals surface area contributed by atoms with Gasteiger partial charge in [-0.05, 0) is 48.9 Å². The number of aliphatic hydroxyl groups is 1. The van der Waals surface area contributed by atoms with Crippen molar-refractivity contribution >= 4 is 11.2 Å². The van der Waals surface area contributed by atoms with Gasteiger partial charge in [-0.3, -0.25) is 9.55 Å². The average Bonchev–Trinajstić information content (AvgIpc) is 2.97. The first kappa shape index (κ1) is 14.5. The molecule has 0 bridgehead atoms. The molecule has 0 saturated heterocycles. The number of fused-ring (bicyclic) bond motifs is 1. The molecule has 0 spiro atoms. The highest BCUT2D eigenvalue weighted by molar-refractivity contribution is 5.78. The Kier molecular flexibility index (Phi) is 3.55. The first-order chi connectivity index (χ1) is 11.8. The number of aliphatic hydroxyl groups excluding tert-OH is 1. The topological polar surface area (TPSA) is 63.8 Å². The van der Waals surface area contributed by atoms with Crippen LogP contribution in [0.1, 0.15) is 11.4 Å². The van der Waals surface area contributed by atoms with Crippen molar-refractivity contribution in [1.29, 1.82) is 0 Å². The van der Waals surface area contributed by atoms with Crippen molar-refractivity contribution in [3.63, 3.8) is 0 Å². The lowest BCUT2D eigenvalue weighted by Crippen LogP contribution is -1.99. The summed E-state index contributed by atoms with van der Waals surface area (Å²) >= 11 is 0. The van der Waals surface area contributed by atoms with E-state index in [-0.39, 0.29) is 6.61 Å². The molecule has 0 saturated carbocycles. The van der Waals surface area contributed by atoms with Crippen LogP contribution in [-0.2, 0) is 6.61 Å². The highest BCUT2D eigenvalue weighted by Crippen LogP contribution is 2.24. The van der Waals surface area contributed by atoms with Crippen LogP contribution in [0.25, 0.3) is 28.1 Å². The van der Waals surface area contributed by atoms with Crippen molar-refractivity contribution in [3.05, 3.63) is 72.3 Å². The highest BCUT2D eigenvalue weighted by Gasteiger charge is 2.12. The zero-order valence-electron chi connectivity index (χ0n) is 13.2. The average molecular weight is 316 g/mol. The van der Waals surface area contributed by atoms with Gasteiger partial charge in [0.2, 0.25) is 0 Å². The maximum Gasteiger partial charge on any atom is 0.165 e. The molecule has 0 amide bonds. The Labute approximate surface area is 139 Å². The summed E-state index contributed by atoms with van der Waals surface area (Å²) in [4.78, 5) is 13.5. The van der Waals surface area contributed by atoms with Crippen molar-refractivity contribution in [2.45, 2.75) is 13.5 Å². The third-order valence-corrected chi connectivity index (χ3v) is 4.03. The van der Waals surface area contributed by atoms with Crippen LogP contribution in [0.4, 0.5) is 0 Å². The zero-order valence-corrected chi connectivity index (χ0v) is 13.2. The summed E-state index contributed by atoms with van der Waals surface area (Å²) < 4.78 is 2.03. The maximum atomic E-state index is 9.21. The lowest BCUT2D eigenvalue weighted by atomic mass is 10.2. The minimum absolute atomic E-state index is 0.0361. The van der Waals surface area contributed by atoms with Crippen molar-refractivity contribution in [2.75, 3.05) is 0 Å². The summed E-state index contributed by atoms with van der Waals surface area (Å²) in [6.07, 6.45) is 3.52. The van der Waals surface area contributed by atoms with Crippen LogP contribution < -0.4 is 0 Å². The summed E-state index contributed by atoms with van der Waals surface area (Å²) in [6.45, 7) is 2.00. The lowest BCUT2D eigenvalue weighted by molar-refractivity contribution is 0.282. The Hall–Kier alpha value is -3.05. The maximum absolute atomic E-state index is 9.21. The van der Waals surface area contributed by atoms with E-state index in [9.17, 15) is 5.11 Å². The van der Waals surface area contributed by atoms with E-state index < -0.39 is 0 Å². The van der Waals surface area contributed by atoms with E-state index in [0.717, 1.165) is 39.5 Å². The lowest BCUT2D eigenvalue weighted by Gasteiger charge is -2.08. The number of rotatable bonds is 3. The third kappa shape index (κ3) is 2.45. The van der Waals surface area contributed by atoms with Gasteiger partial charge in [-0.2, -0.15) is 0 Å². The minimum atomic E-state index is 0.0361. The van der Waals surface area contributed by atoms with Crippen LogP contribution in [0.5, 0.6) is 0 Å². The second-order valence-electron chi connectivity index (χ2n) is 5.59. The van der Waals surface area contributed by atoms with Gasteiger partial charge in [0.25, 0.3) is 0 Å². The van der Waals surface area contributed by atoms with Crippen molar-refractivity contribution < 1.29 is 5.11 Å². The monoisotopic (exact) mass is 316 g/mol. The number of hydrogen-bond donors (Lipinski definition) is 1. The summed E-state index contributed by atoms with van der Waals surface area (Å²) in [7, 11) is 0. The molecule has 5 nitrogen and oxygen atoms in total. The van der Waals surface area contributed by atoms with Gasteiger partial charge in [0.1, 0.15) is 11.3 Å². The SMILES string of the molecule is Cc1nc2ccc(-c3ccncc3)nc2n1-c1ccc(CO)cc1. The van der Waals surface area contributed by atoms with Crippen molar-refractivity contribution in [2.24, 2.45) is 0 Å². The van der Waals surface area contributed by atoms with Crippen LogP contribution >= 0.6 is 0 Å². The fraction of sp³-hybridized carbons (Fsp3) is 0.105. The normalized spacial score (nSPS) is 11.1. The molecule has 0 unspecified atom stereocenters. The first-order valence-electron chi connectivity index (χ1n) is 7.73. The van der Waals surface area contributed by atoms with E-state index in [1.165, 1.54) is 0 Å². The zero-order chi connectivity index (χ0) is 16.5. The number of aromatic nitrogens is 4. The summed E-state index contributed by atoms with van der Waals surface area (Å²) in [5, 5.41) is 9.21. The number of nitrogens with zero attached hydrogens (tertiary/aromatic N) is 4. The Balaban J connectivity index is 1.89. The molecule has 118 valence electrons. The summed E-state index contributed by atoms with van der Waals surface area (Å²) in [5.41, 5.74) is 5.44. The molecular formula is C19H16N4O. The van der Waals surface area contributed by atoms with Gasteiger partial charge < -0.3 is 5.11 Å². The van der Waals surface area contributed by atoms with Gasteiger partial charge in [0, 0.05) is 23.6 Å². The van der Waals surface area contributed by atoms with Crippen LogP contribution in [0.2, 0.25) is 0 Å². The van der Waals surface area contributed by atoms with Gasteiger partial charge in [-0.1, -0.05) is 12.1 Å². The second-order valence-corrected chi connectivity index (χ2v) is 5.59. The Morgan fingerprint density at radius 2 is 1.67 bits per heavy atom. The van der Waals surface area contributed by atoms with Crippen LogP contribution in [0.15, 0.2) is 60.9 Å². The number of benzene rings is 1. The third-order valence-electron chi connectivity index (χ3n) is 4.03. The predicted molar refractivity (Wildman–Crippen MR) is 92.8 cm³/mol. The molecule has 0 aliphatic carbocycles. The van der Waals surface area contributed by atoms with E-state index >= 15 is 0 Å². The van der Waals surface area contributed by atoms with E-state index in [0.29, 0.717) is 0 Å². The smallest absolute Gasteiger partial charge is 0.165 e. The molecule has 5 heteroatoms. The Morgan fingerprint density at radius 1 is 0.917 bits per heavy atom. The minimum Gasteiger partial charge on any atom is -0.392 e. The van der Waals surface area contributed by atoms with Gasteiger partial charge in [0.15, 0.2) is 5.65 Å².